The Morgan fingerprint density at radius 3 is 3.14 bits per heavy atom. The van der Waals surface area contributed by atoms with Crippen molar-refractivity contribution in [2.24, 2.45) is 7.05 Å². The second-order valence-electron chi connectivity index (χ2n) is 5.29. The Hall–Kier alpha value is -1.88. The van der Waals surface area contributed by atoms with Crippen LogP contribution in [0, 0.1) is 0 Å². The summed E-state index contributed by atoms with van der Waals surface area (Å²) in [6, 6.07) is 2.38. The zero-order valence-electron chi connectivity index (χ0n) is 12.3. The van der Waals surface area contributed by atoms with Gasteiger partial charge in [-0.2, -0.15) is 5.10 Å². The summed E-state index contributed by atoms with van der Waals surface area (Å²) in [7, 11) is 1.87. The summed E-state index contributed by atoms with van der Waals surface area (Å²) in [6.45, 7) is 2.95. The van der Waals surface area contributed by atoms with E-state index < -0.39 is 0 Å². The number of thiophene rings is 1. The van der Waals surface area contributed by atoms with Crippen LogP contribution in [-0.4, -0.2) is 27.1 Å². The quantitative estimate of drug-likeness (QED) is 0.817. The molecule has 1 atom stereocenters. The molecule has 4 nitrogen and oxygen atoms in total. The predicted molar refractivity (Wildman–Crippen MR) is 85.0 cm³/mol. The molecule has 0 aromatic carbocycles. The van der Waals surface area contributed by atoms with Crippen LogP contribution in [0.4, 0.5) is 0 Å². The van der Waals surface area contributed by atoms with E-state index in [1.807, 2.05) is 24.2 Å². The van der Waals surface area contributed by atoms with Gasteiger partial charge in [0.15, 0.2) is 0 Å². The maximum absolute atomic E-state index is 12.5. The van der Waals surface area contributed by atoms with E-state index in [-0.39, 0.29) is 11.9 Å². The largest absolute Gasteiger partial charge is 0.332 e. The van der Waals surface area contributed by atoms with E-state index in [4.69, 9.17) is 0 Å². The fourth-order valence-corrected chi connectivity index (χ4v) is 3.82. The summed E-state index contributed by atoms with van der Waals surface area (Å²) in [6.07, 6.45) is 9.08. The molecule has 2 aromatic heterocycles. The lowest BCUT2D eigenvalue weighted by Crippen LogP contribution is -2.38. The third-order valence-corrected chi connectivity index (χ3v) is 4.90. The number of aromatic nitrogens is 2. The highest BCUT2D eigenvalue weighted by Gasteiger charge is 2.29. The first-order valence-corrected chi connectivity index (χ1v) is 8.10. The van der Waals surface area contributed by atoms with Gasteiger partial charge in [0.25, 0.3) is 0 Å². The van der Waals surface area contributed by atoms with Gasteiger partial charge in [-0.1, -0.05) is 6.92 Å². The molecule has 5 heteroatoms. The minimum absolute atomic E-state index is 0.0857. The summed E-state index contributed by atoms with van der Waals surface area (Å²) in [5.41, 5.74) is 2.28. The molecule has 0 aliphatic carbocycles. The zero-order chi connectivity index (χ0) is 14.8. The smallest absolute Gasteiger partial charge is 0.247 e. The summed E-state index contributed by atoms with van der Waals surface area (Å²) < 4.78 is 1.73. The molecule has 1 aliphatic rings. The molecular weight excluding hydrogens is 282 g/mol. The van der Waals surface area contributed by atoms with Gasteiger partial charge in [-0.15, -0.1) is 11.3 Å². The molecule has 0 saturated carbocycles. The van der Waals surface area contributed by atoms with Crippen LogP contribution in [0.2, 0.25) is 0 Å². The minimum Gasteiger partial charge on any atom is -0.332 e. The Bertz CT molecular complexity index is 671. The van der Waals surface area contributed by atoms with E-state index in [2.05, 4.69) is 23.5 Å². The van der Waals surface area contributed by atoms with Gasteiger partial charge >= 0.3 is 0 Å². The summed E-state index contributed by atoms with van der Waals surface area (Å²) in [5.74, 6) is 0.0857. The lowest BCUT2D eigenvalue weighted by molar-refractivity contribution is -0.128. The minimum atomic E-state index is 0.0857. The molecule has 0 fully saturated rings. The molecule has 0 radical (unpaired) electrons. The number of rotatable bonds is 3. The number of fused-ring (bicyclic) bond motifs is 1. The highest BCUT2D eigenvalue weighted by molar-refractivity contribution is 7.10. The average Bonchev–Trinajstić information content (AvgIpc) is 3.12. The molecule has 21 heavy (non-hydrogen) atoms. The van der Waals surface area contributed by atoms with Crippen LogP contribution >= 0.6 is 11.3 Å². The van der Waals surface area contributed by atoms with E-state index in [0.29, 0.717) is 0 Å². The van der Waals surface area contributed by atoms with E-state index in [0.717, 1.165) is 24.9 Å². The third kappa shape index (κ3) is 2.78. The van der Waals surface area contributed by atoms with Crippen molar-refractivity contribution in [3.05, 3.63) is 45.9 Å². The van der Waals surface area contributed by atoms with Crippen LogP contribution < -0.4 is 0 Å². The molecule has 0 bridgehead atoms. The van der Waals surface area contributed by atoms with Gasteiger partial charge in [0, 0.05) is 36.3 Å². The molecule has 0 N–H and O–H groups in total. The highest BCUT2D eigenvalue weighted by Crippen LogP contribution is 2.35. The maximum Gasteiger partial charge on any atom is 0.247 e. The van der Waals surface area contributed by atoms with Crippen molar-refractivity contribution in [1.29, 1.82) is 0 Å². The predicted octanol–water partition coefficient (Wildman–Crippen LogP) is 3.03. The van der Waals surface area contributed by atoms with Crippen LogP contribution in [0.5, 0.6) is 0 Å². The van der Waals surface area contributed by atoms with Crippen LogP contribution in [0.3, 0.4) is 0 Å². The second kappa shape index (κ2) is 5.85. The van der Waals surface area contributed by atoms with E-state index >= 15 is 0 Å². The van der Waals surface area contributed by atoms with Gasteiger partial charge in [-0.25, -0.2) is 0 Å². The van der Waals surface area contributed by atoms with Crippen LogP contribution in [0.1, 0.15) is 35.4 Å². The van der Waals surface area contributed by atoms with Crippen molar-refractivity contribution >= 4 is 23.3 Å². The molecular formula is C16H19N3OS. The van der Waals surface area contributed by atoms with Crippen LogP contribution in [0.25, 0.3) is 6.08 Å². The maximum atomic E-state index is 12.5. The summed E-state index contributed by atoms with van der Waals surface area (Å²) >= 11 is 1.80. The molecule has 1 unspecified atom stereocenters. The Morgan fingerprint density at radius 2 is 2.43 bits per heavy atom. The summed E-state index contributed by atoms with van der Waals surface area (Å²) in [4.78, 5) is 15.9. The second-order valence-corrected chi connectivity index (χ2v) is 6.29. The summed E-state index contributed by atoms with van der Waals surface area (Å²) in [5, 5.41) is 6.23. The van der Waals surface area contributed by atoms with Gasteiger partial charge in [-0.3, -0.25) is 9.48 Å². The molecule has 0 saturated heterocycles. The number of carbonyl (C=O) groups is 1. The number of hydrogen-bond donors (Lipinski definition) is 0. The average molecular weight is 301 g/mol. The molecule has 3 heterocycles. The first-order valence-electron chi connectivity index (χ1n) is 7.22. The molecule has 110 valence electrons. The number of aryl methyl sites for hydroxylation is 1. The molecule has 3 rings (SSSR count). The Morgan fingerprint density at radius 1 is 1.57 bits per heavy atom. The van der Waals surface area contributed by atoms with Gasteiger partial charge < -0.3 is 4.90 Å². The van der Waals surface area contributed by atoms with Crippen molar-refractivity contribution in [2.45, 2.75) is 25.8 Å². The molecule has 2 aromatic rings. The molecule has 0 spiro atoms. The van der Waals surface area contributed by atoms with Gasteiger partial charge in [0.1, 0.15) is 0 Å². The van der Waals surface area contributed by atoms with Crippen LogP contribution in [0.15, 0.2) is 29.9 Å². The highest BCUT2D eigenvalue weighted by atomic mass is 32.1. The van der Waals surface area contributed by atoms with Crippen LogP contribution in [-0.2, 0) is 18.3 Å². The molecule has 1 aliphatic heterocycles. The van der Waals surface area contributed by atoms with Gasteiger partial charge in [0.2, 0.25) is 5.91 Å². The van der Waals surface area contributed by atoms with E-state index in [9.17, 15) is 4.79 Å². The normalized spacial score (nSPS) is 18.2. The van der Waals surface area contributed by atoms with Gasteiger partial charge in [-0.05, 0) is 35.9 Å². The van der Waals surface area contributed by atoms with E-state index in [1.165, 1.54) is 10.4 Å². The van der Waals surface area contributed by atoms with Crippen molar-refractivity contribution in [3.8, 4) is 0 Å². The Balaban J connectivity index is 1.77. The lowest BCUT2D eigenvalue weighted by atomic mass is 9.97. The fraction of sp³-hybridized carbons (Fsp3) is 0.375. The number of nitrogens with zero attached hydrogens (tertiary/aromatic N) is 3. The topological polar surface area (TPSA) is 38.1 Å². The van der Waals surface area contributed by atoms with Crippen molar-refractivity contribution in [1.82, 2.24) is 14.7 Å². The lowest BCUT2D eigenvalue weighted by Gasteiger charge is -2.34. The van der Waals surface area contributed by atoms with Crippen molar-refractivity contribution in [3.63, 3.8) is 0 Å². The Labute approximate surface area is 128 Å². The third-order valence-electron chi connectivity index (χ3n) is 3.91. The SMILES string of the molecule is CCC1c2ccsc2CCN1C(=O)C=Cc1cnn(C)c1. The zero-order valence-corrected chi connectivity index (χ0v) is 13.1. The Kier molecular flexibility index (Phi) is 3.92. The van der Waals surface area contributed by atoms with Crippen molar-refractivity contribution < 1.29 is 4.79 Å². The van der Waals surface area contributed by atoms with Gasteiger partial charge in [0.05, 0.1) is 12.2 Å². The number of amides is 1. The fourth-order valence-electron chi connectivity index (χ4n) is 2.89. The number of hydrogen-bond acceptors (Lipinski definition) is 3. The molecule has 1 amide bonds. The monoisotopic (exact) mass is 301 g/mol. The van der Waals surface area contributed by atoms with Crippen molar-refractivity contribution in [2.75, 3.05) is 6.54 Å². The number of carbonyl (C=O) groups excluding carboxylic acids is 1. The van der Waals surface area contributed by atoms with E-state index in [1.54, 1.807) is 28.3 Å². The standard InChI is InChI=1S/C16H19N3OS/c1-3-14-13-7-9-21-15(13)6-8-19(14)16(20)5-4-12-10-17-18(2)11-12/h4-5,7,9-11,14H,3,6,8H2,1-2H3. The first kappa shape index (κ1) is 14.1. The first-order chi connectivity index (χ1) is 10.2.